The van der Waals surface area contributed by atoms with E-state index in [2.05, 4.69) is 19.9 Å². The topological polar surface area (TPSA) is 80.5 Å². The molecular weight excluding hydrogens is 314 g/mol. The highest BCUT2D eigenvalue weighted by Crippen LogP contribution is 2.39. The van der Waals surface area contributed by atoms with Crippen LogP contribution < -0.4 is 5.73 Å². The van der Waals surface area contributed by atoms with Crippen molar-refractivity contribution in [2.75, 3.05) is 5.73 Å². The minimum atomic E-state index is -4.75. The molecule has 0 aliphatic carbocycles. The van der Waals surface area contributed by atoms with Gasteiger partial charge >= 0.3 is 6.18 Å². The second kappa shape index (κ2) is 5.34. The van der Waals surface area contributed by atoms with Crippen molar-refractivity contribution in [3.8, 4) is 22.6 Å². The van der Waals surface area contributed by atoms with E-state index >= 15 is 0 Å². The highest BCUT2D eigenvalue weighted by atomic mass is 19.4. The molecule has 0 atom stereocenters. The van der Waals surface area contributed by atoms with Crippen LogP contribution in [0.15, 0.2) is 36.8 Å². The molecule has 9 heteroatoms. The van der Waals surface area contributed by atoms with Crippen LogP contribution in [-0.4, -0.2) is 19.9 Å². The molecule has 1 aromatic carbocycles. The van der Waals surface area contributed by atoms with Crippen LogP contribution in [-0.2, 0) is 6.18 Å². The number of nitrogens with zero attached hydrogens (tertiary/aromatic N) is 3. The summed E-state index contributed by atoms with van der Waals surface area (Å²) in [6.07, 6.45) is -0.548. The molecular formula is C14H9F4N5. The predicted octanol–water partition coefficient (Wildman–Crippen LogP) is 3.27. The molecule has 5 nitrogen and oxygen atoms in total. The normalized spacial score (nSPS) is 11.7. The Morgan fingerprint density at radius 2 is 1.87 bits per heavy atom. The highest BCUT2D eigenvalue weighted by Gasteiger charge is 2.35. The Hall–Kier alpha value is -2.97. The van der Waals surface area contributed by atoms with Gasteiger partial charge in [-0.25, -0.2) is 19.3 Å². The van der Waals surface area contributed by atoms with Gasteiger partial charge in [0.05, 0.1) is 16.8 Å². The average molecular weight is 323 g/mol. The summed E-state index contributed by atoms with van der Waals surface area (Å²) < 4.78 is 52.9. The van der Waals surface area contributed by atoms with Gasteiger partial charge in [-0.2, -0.15) is 13.2 Å². The van der Waals surface area contributed by atoms with Gasteiger partial charge in [0.2, 0.25) is 5.95 Å². The van der Waals surface area contributed by atoms with Crippen LogP contribution in [0.5, 0.6) is 0 Å². The Kier molecular flexibility index (Phi) is 3.47. The third kappa shape index (κ3) is 2.85. The minimum absolute atomic E-state index is 0.0835. The number of aromatic amines is 1. The maximum absolute atomic E-state index is 13.3. The third-order valence-corrected chi connectivity index (χ3v) is 3.10. The maximum Gasteiger partial charge on any atom is 0.417 e. The molecule has 0 aliphatic heterocycles. The molecule has 0 saturated heterocycles. The van der Waals surface area contributed by atoms with Crippen LogP contribution in [0.25, 0.3) is 22.6 Å². The first kappa shape index (κ1) is 14.9. The quantitative estimate of drug-likeness (QED) is 0.709. The smallest absolute Gasteiger partial charge is 0.368 e. The number of H-pyrrole nitrogens is 1. The van der Waals surface area contributed by atoms with Crippen molar-refractivity contribution in [2.24, 2.45) is 0 Å². The van der Waals surface area contributed by atoms with Gasteiger partial charge in [-0.15, -0.1) is 0 Å². The molecule has 0 radical (unpaired) electrons. The standard InChI is InChI=1S/C14H9F4N5/c15-7-1-2-8(10(5-7)14(16,17)18)11-9(6-22-13(19)23-11)12-20-3-4-21-12/h1-6H,(H,20,21)(H2,19,22,23). The lowest BCUT2D eigenvalue weighted by molar-refractivity contribution is -0.137. The lowest BCUT2D eigenvalue weighted by Gasteiger charge is -2.14. The van der Waals surface area contributed by atoms with Crippen molar-refractivity contribution < 1.29 is 17.6 Å². The van der Waals surface area contributed by atoms with Crippen LogP contribution in [0.4, 0.5) is 23.5 Å². The number of rotatable bonds is 2. The Balaban J connectivity index is 2.30. The summed E-state index contributed by atoms with van der Waals surface area (Å²) in [7, 11) is 0. The first-order valence-electron chi connectivity index (χ1n) is 6.35. The number of nitrogens with two attached hydrogens (primary N) is 1. The molecule has 3 rings (SSSR count). The summed E-state index contributed by atoms with van der Waals surface area (Å²) in [5.74, 6) is -0.923. The van der Waals surface area contributed by atoms with E-state index in [1.807, 2.05) is 0 Å². The van der Waals surface area contributed by atoms with E-state index in [0.717, 1.165) is 12.1 Å². The van der Waals surface area contributed by atoms with Crippen molar-refractivity contribution in [3.05, 3.63) is 48.2 Å². The van der Waals surface area contributed by atoms with Crippen molar-refractivity contribution in [3.63, 3.8) is 0 Å². The van der Waals surface area contributed by atoms with Gasteiger partial charge in [0.15, 0.2) is 0 Å². The number of nitrogens with one attached hydrogen (secondary N) is 1. The molecule has 3 aromatic rings. The van der Waals surface area contributed by atoms with Gasteiger partial charge in [-0.3, -0.25) is 0 Å². The van der Waals surface area contributed by atoms with Gasteiger partial charge in [0.1, 0.15) is 11.6 Å². The summed E-state index contributed by atoms with van der Waals surface area (Å²) in [4.78, 5) is 14.4. The number of imidazole rings is 1. The zero-order valence-corrected chi connectivity index (χ0v) is 11.4. The summed E-state index contributed by atoms with van der Waals surface area (Å²) in [5, 5.41) is 0. The van der Waals surface area contributed by atoms with Crippen LogP contribution in [0.3, 0.4) is 0 Å². The van der Waals surface area contributed by atoms with Crippen molar-refractivity contribution >= 4 is 5.95 Å². The number of benzene rings is 1. The Morgan fingerprint density at radius 3 is 2.52 bits per heavy atom. The van der Waals surface area contributed by atoms with Crippen molar-refractivity contribution in [1.29, 1.82) is 0 Å². The number of alkyl halides is 3. The number of hydrogen-bond acceptors (Lipinski definition) is 4. The molecule has 23 heavy (non-hydrogen) atoms. The van der Waals surface area contributed by atoms with E-state index in [0.29, 0.717) is 6.07 Å². The lowest BCUT2D eigenvalue weighted by atomic mass is 10.00. The number of halogens is 4. The SMILES string of the molecule is Nc1ncc(-c2ncc[nH]2)c(-c2ccc(F)cc2C(F)(F)F)n1. The first-order chi connectivity index (χ1) is 10.9. The molecule has 0 aliphatic rings. The number of aromatic nitrogens is 4. The highest BCUT2D eigenvalue weighted by molar-refractivity contribution is 5.79. The monoisotopic (exact) mass is 323 g/mol. The zero-order valence-electron chi connectivity index (χ0n) is 11.4. The second-order valence-corrected chi connectivity index (χ2v) is 4.62. The minimum Gasteiger partial charge on any atom is -0.368 e. The fourth-order valence-electron chi connectivity index (χ4n) is 2.14. The second-order valence-electron chi connectivity index (χ2n) is 4.62. The Labute approximate surface area is 127 Å². The largest absolute Gasteiger partial charge is 0.417 e. The van der Waals surface area contributed by atoms with Crippen molar-refractivity contribution in [1.82, 2.24) is 19.9 Å². The van der Waals surface area contributed by atoms with Crippen molar-refractivity contribution in [2.45, 2.75) is 6.18 Å². The fourth-order valence-corrected chi connectivity index (χ4v) is 2.14. The molecule has 118 valence electrons. The van der Waals surface area contributed by atoms with E-state index in [4.69, 9.17) is 5.73 Å². The van der Waals surface area contributed by atoms with E-state index < -0.39 is 17.6 Å². The number of anilines is 1. The van der Waals surface area contributed by atoms with E-state index in [9.17, 15) is 17.6 Å². The summed E-state index contributed by atoms with van der Waals surface area (Å²) in [6.45, 7) is 0. The Morgan fingerprint density at radius 1 is 1.09 bits per heavy atom. The molecule has 3 N–H and O–H groups in total. The molecule has 0 amide bonds. The van der Waals surface area contributed by atoms with E-state index in [1.165, 1.54) is 18.6 Å². The molecule has 2 heterocycles. The maximum atomic E-state index is 13.3. The lowest BCUT2D eigenvalue weighted by Crippen LogP contribution is -2.09. The van der Waals surface area contributed by atoms with Crippen LogP contribution in [0.2, 0.25) is 0 Å². The summed E-state index contributed by atoms with van der Waals surface area (Å²) >= 11 is 0. The van der Waals surface area contributed by atoms with Crippen LogP contribution in [0, 0.1) is 5.82 Å². The van der Waals surface area contributed by atoms with E-state index in [1.54, 1.807) is 0 Å². The summed E-state index contributed by atoms with van der Waals surface area (Å²) in [6, 6.07) is 2.35. The molecule has 2 aromatic heterocycles. The molecule has 0 bridgehead atoms. The van der Waals surface area contributed by atoms with E-state index in [-0.39, 0.29) is 28.6 Å². The van der Waals surface area contributed by atoms with Crippen LogP contribution in [0.1, 0.15) is 5.56 Å². The summed E-state index contributed by atoms with van der Waals surface area (Å²) in [5.41, 5.74) is 4.18. The van der Waals surface area contributed by atoms with Gasteiger partial charge in [-0.05, 0) is 18.2 Å². The number of nitrogen functional groups attached to an aromatic ring is 1. The molecule has 0 spiro atoms. The van der Waals surface area contributed by atoms with Crippen LogP contribution >= 0.6 is 0 Å². The fraction of sp³-hybridized carbons (Fsp3) is 0.0714. The molecule has 0 fully saturated rings. The predicted molar refractivity (Wildman–Crippen MR) is 74.4 cm³/mol. The van der Waals surface area contributed by atoms with Gasteiger partial charge in [-0.1, -0.05) is 0 Å². The molecule has 0 saturated carbocycles. The van der Waals surface area contributed by atoms with Gasteiger partial charge in [0, 0.05) is 24.2 Å². The van der Waals surface area contributed by atoms with Gasteiger partial charge in [0.25, 0.3) is 0 Å². The Bertz CT molecular complexity index is 843. The number of hydrogen-bond donors (Lipinski definition) is 2. The average Bonchev–Trinajstić information content (AvgIpc) is 3.00. The molecule has 0 unspecified atom stereocenters. The van der Waals surface area contributed by atoms with Gasteiger partial charge < -0.3 is 10.7 Å². The first-order valence-corrected chi connectivity index (χ1v) is 6.35. The third-order valence-electron chi connectivity index (χ3n) is 3.10. The zero-order chi connectivity index (χ0) is 16.6.